The summed E-state index contributed by atoms with van der Waals surface area (Å²) in [6.07, 6.45) is -8.02. The van der Waals surface area contributed by atoms with E-state index in [-0.39, 0.29) is 43.1 Å². The molecule has 1 amide bonds. The maximum atomic E-state index is 14.2. The first-order valence-electron chi connectivity index (χ1n) is 22.2. The second kappa shape index (κ2) is 23.0. The summed E-state index contributed by atoms with van der Waals surface area (Å²) >= 11 is 0. The summed E-state index contributed by atoms with van der Waals surface area (Å²) in [5.41, 5.74) is 2.45. The molecule has 7 aromatic carbocycles. The Hall–Kier alpha value is -7.90. The smallest absolute Gasteiger partial charge is 0.407 e. The number of nitrogens with one attached hydrogen (secondary N) is 1. The van der Waals surface area contributed by atoms with Crippen molar-refractivity contribution in [3.05, 3.63) is 251 Å². The topological polar surface area (TPSA) is 145 Å². The number of hydrogen-bond acceptors (Lipinski definition) is 11. The Balaban J connectivity index is 1.19. The third-order valence-electron chi connectivity index (χ3n) is 11.2. The monoisotopic (exact) mass is 911 g/mol. The fourth-order valence-corrected chi connectivity index (χ4v) is 7.92. The highest BCUT2D eigenvalue weighted by atomic mass is 16.7. The first-order chi connectivity index (χ1) is 33.4. The normalized spacial score (nSPS) is 17.8. The number of rotatable bonds is 18. The molecule has 1 heterocycles. The highest BCUT2D eigenvalue weighted by Crippen LogP contribution is 2.42. The van der Waals surface area contributed by atoms with Gasteiger partial charge in [0.25, 0.3) is 0 Å². The summed E-state index contributed by atoms with van der Waals surface area (Å²) in [4.78, 5) is 55.3. The van der Waals surface area contributed by atoms with Gasteiger partial charge in [-0.1, -0.05) is 176 Å². The molecule has 68 heavy (non-hydrogen) atoms. The van der Waals surface area contributed by atoms with E-state index in [0.29, 0.717) is 0 Å². The summed E-state index contributed by atoms with van der Waals surface area (Å²) in [6.45, 7) is -0.498. The quantitative estimate of drug-likeness (QED) is 0.0381. The predicted octanol–water partition coefficient (Wildman–Crippen LogP) is 9.34. The van der Waals surface area contributed by atoms with E-state index in [0.717, 1.165) is 22.3 Å². The van der Waals surface area contributed by atoms with Crippen molar-refractivity contribution >= 4 is 24.0 Å². The molecular weight excluding hydrogens is 863 g/mol. The Morgan fingerprint density at radius 1 is 0.471 bits per heavy atom. The molecule has 1 fully saturated rings. The molecule has 1 aliphatic heterocycles. The van der Waals surface area contributed by atoms with Crippen molar-refractivity contribution in [2.45, 2.75) is 42.9 Å². The first kappa shape index (κ1) is 46.6. The second-order valence-corrected chi connectivity index (χ2v) is 15.7. The third kappa shape index (κ3) is 11.5. The molecule has 344 valence electrons. The standard InChI is InChI=1S/C56H49NO11/c58-51(41-24-10-2-11-25-41)66-48-47(39-64-56(44-30-16-5-17-31-44,45-32-18-6-19-33-45)46-34-20-7-21-35-46)65-54(62-37-36-57-55(61)63-38-40-22-8-1-9-23-40)50(68-53(60)43-28-14-4-15-29-43)49(48)67-52(59)42-26-12-3-13-27-42/h1-35,47-50,54H,36-39H2,(H,57,61)/t47-,48-,49+,50+,54+/m1/s1. The van der Waals surface area contributed by atoms with E-state index >= 15 is 0 Å². The molecule has 0 bridgehead atoms. The van der Waals surface area contributed by atoms with Gasteiger partial charge < -0.3 is 38.5 Å². The highest BCUT2D eigenvalue weighted by molar-refractivity contribution is 5.91. The molecule has 12 nitrogen and oxygen atoms in total. The van der Waals surface area contributed by atoms with Crippen LogP contribution in [0.5, 0.6) is 0 Å². The molecule has 8 rings (SSSR count). The van der Waals surface area contributed by atoms with Crippen molar-refractivity contribution in [1.29, 1.82) is 0 Å². The van der Waals surface area contributed by atoms with Crippen molar-refractivity contribution in [3.63, 3.8) is 0 Å². The lowest BCUT2D eigenvalue weighted by Gasteiger charge is -2.45. The molecule has 1 N–H and O–H groups in total. The number of carbonyl (C=O) groups is 4. The fourth-order valence-electron chi connectivity index (χ4n) is 7.92. The van der Waals surface area contributed by atoms with Crippen molar-refractivity contribution < 1.29 is 52.3 Å². The van der Waals surface area contributed by atoms with Gasteiger partial charge in [-0.25, -0.2) is 19.2 Å². The number of benzene rings is 7. The maximum absolute atomic E-state index is 14.2. The summed E-state index contributed by atoms with van der Waals surface area (Å²) in [5, 5.41) is 2.67. The minimum Gasteiger partial charge on any atom is -0.452 e. The zero-order valence-electron chi connectivity index (χ0n) is 36.9. The molecule has 1 aliphatic rings. The number of carbonyl (C=O) groups excluding carboxylic acids is 4. The van der Waals surface area contributed by atoms with Gasteiger partial charge in [-0.15, -0.1) is 0 Å². The van der Waals surface area contributed by atoms with Crippen molar-refractivity contribution in [3.8, 4) is 0 Å². The lowest BCUT2D eigenvalue weighted by molar-refractivity contribution is -0.302. The molecule has 0 unspecified atom stereocenters. The van der Waals surface area contributed by atoms with E-state index in [1.54, 1.807) is 91.0 Å². The Kier molecular flexibility index (Phi) is 15.8. The molecular formula is C56H49NO11. The van der Waals surface area contributed by atoms with E-state index in [9.17, 15) is 19.2 Å². The van der Waals surface area contributed by atoms with Crippen LogP contribution in [0.3, 0.4) is 0 Å². The van der Waals surface area contributed by atoms with Crippen LogP contribution in [0.15, 0.2) is 212 Å². The van der Waals surface area contributed by atoms with Gasteiger partial charge in [0.05, 0.1) is 29.9 Å². The number of ether oxygens (including phenoxy) is 7. The lowest BCUT2D eigenvalue weighted by Crippen LogP contribution is -2.63. The Morgan fingerprint density at radius 3 is 1.29 bits per heavy atom. The summed E-state index contributed by atoms with van der Waals surface area (Å²) in [7, 11) is 0. The van der Waals surface area contributed by atoms with Crippen LogP contribution in [0.1, 0.15) is 53.3 Å². The van der Waals surface area contributed by atoms with Crippen molar-refractivity contribution in [2.24, 2.45) is 0 Å². The molecule has 7 aromatic rings. The minimum absolute atomic E-state index is 0.0481. The number of hydrogen-bond donors (Lipinski definition) is 1. The predicted molar refractivity (Wildman–Crippen MR) is 251 cm³/mol. The van der Waals surface area contributed by atoms with Crippen LogP contribution in [0.2, 0.25) is 0 Å². The second-order valence-electron chi connectivity index (χ2n) is 15.7. The van der Waals surface area contributed by atoms with Crippen LogP contribution in [0.4, 0.5) is 4.79 Å². The first-order valence-corrected chi connectivity index (χ1v) is 22.2. The Morgan fingerprint density at radius 2 is 0.853 bits per heavy atom. The van der Waals surface area contributed by atoms with Crippen LogP contribution in [-0.4, -0.2) is 74.5 Å². The zero-order valence-corrected chi connectivity index (χ0v) is 36.9. The van der Waals surface area contributed by atoms with Gasteiger partial charge in [-0.3, -0.25) is 0 Å². The van der Waals surface area contributed by atoms with Gasteiger partial charge in [0.1, 0.15) is 18.3 Å². The third-order valence-corrected chi connectivity index (χ3v) is 11.2. The summed E-state index contributed by atoms with van der Waals surface area (Å²) in [6, 6.07) is 63.0. The van der Waals surface area contributed by atoms with Crippen molar-refractivity contribution in [2.75, 3.05) is 19.8 Å². The highest BCUT2D eigenvalue weighted by Gasteiger charge is 2.54. The minimum atomic E-state index is -1.56. The van der Waals surface area contributed by atoms with Crippen LogP contribution in [-0.2, 0) is 45.4 Å². The van der Waals surface area contributed by atoms with Crippen LogP contribution >= 0.6 is 0 Å². The average Bonchev–Trinajstić information content (AvgIpc) is 3.40. The Labute approximate surface area is 394 Å². The number of esters is 3. The van der Waals surface area contributed by atoms with E-state index in [2.05, 4.69) is 5.32 Å². The van der Waals surface area contributed by atoms with Gasteiger partial charge in [0, 0.05) is 6.54 Å². The van der Waals surface area contributed by atoms with E-state index in [4.69, 9.17) is 33.2 Å². The molecule has 0 radical (unpaired) electrons. The lowest BCUT2D eigenvalue weighted by atomic mass is 9.80. The van der Waals surface area contributed by atoms with Crippen LogP contribution in [0.25, 0.3) is 0 Å². The van der Waals surface area contributed by atoms with Gasteiger partial charge in [0.2, 0.25) is 0 Å². The van der Waals surface area contributed by atoms with Crippen molar-refractivity contribution in [1.82, 2.24) is 5.32 Å². The van der Waals surface area contributed by atoms with Gasteiger partial charge in [-0.05, 0) is 58.7 Å². The van der Waals surface area contributed by atoms with E-state index in [1.165, 1.54) is 0 Å². The van der Waals surface area contributed by atoms with Gasteiger partial charge in [-0.2, -0.15) is 0 Å². The molecule has 5 atom stereocenters. The van der Waals surface area contributed by atoms with E-state index in [1.807, 2.05) is 121 Å². The molecule has 0 spiro atoms. The molecule has 0 aromatic heterocycles. The van der Waals surface area contributed by atoms with Crippen LogP contribution in [0, 0.1) is 0 Å². The summed E-state index contributed by atoms with van der Waals surface area (Å²) < 4.78 is 44.7. The van der Waals surface area contributed by atoms with Gasteiger partial charge in [0.15, 0.2) is 24.6 Å². The van der Waals surface area contributed by atoms with Gasteiger partial charge >= 0.3 is 24.0 Å². The molecule has 0 saturated carbocycles. The van der Waals surface area contributed by atoms with Crippen LogP contribution < -0.4 is 5.32 Å². The molecule has 0 aliphatic carbocycles. The largest absolute Gasteiger partial charge is 0.452 e. The molecule has 12 heteroatoms. The Bertz CT molecular complexity index is 2580. The number of amides is 1. The maximum Gasteiger partial charge on any atom is 0.407 e. The van der Waals surface area contributed by atoms with E-state index < -0.39 is 60.3 Å². The number of alkyl carbamates (subject to hydrolysis) is 1. The average molecular weight is 912 g/mol. The molecule has 1 saturated heterocycles. The zero-order chi connectivity index (χ0) is 47.0. The SMILES string of the molecule is O=C(NCCO[C@H]1O[C@H](COC(c2ccccc2)(c2ccccc2)c2ccccc2)[C@@H](OC(=O)c2ccccc2)[C@H](OC(=O)c2ccccc2)[C@@H]1OC(=O)c1ccccc1)OCc1ccccc1. The summed E-state index contributed by atoms with van der Waals surface area (Å²) in [5.74, 6) is -2.36. The fraction of sp³-hybridized carbons (Fsp3) is 0.179.